The van der Waals surface area contributed by atoms with Crippen LogP contribution in [-0.2, 0) is 16.1 Å². The molecule has 9 heteroatoms. The van der Waals surface area contributed by atoms with Gasteiger partial charge in [-0.15, -0.1) is 0 Å². The number of non-ortho nitro benzene ring substituents is 1. The predicted molar refractivity (Wildman–Crippen MR) is 90.0 cm³/mol. The Morgan fingerprint density at radius 3 is 2.42 bits per heavy atom. The van der Waals surface area contributed by atoms with Gasteiger partial charge in [-0.2, -0.15) is 0 Å². The standard InChI is InChI=1S/C15H11Cl2N3O4/c16-11-4-2-1-3-9(11)8-18-14(21)15(22)19-13-7-10(20(23)24)5-6-12(13)17/h1-7H,8H2,(H,18,21)(H,19,22). The molecular weight excluding hydrogens is 357 g/mol. The summed E-state index contributed by atoms with van der Waals surface area (Å²) in [6, 6.07) is 10.4. The second-order valence-electron chi connectivity index (χ2n) is 4.65. The van der Waals surface area contributed by atoms with Gasteiger partial charge in [0.2, 0.25) is 0 Å². The number of rotatable bonds is 4. The topological polar surface area (TPSA) is 101 Å². The molecule has 0 saturated carbocycles. The molecular formula is C15H11Cl2N3O4. The molecule has 0 heterocycles. The first-order valence-corrected chi connectivity index (χ1v) is 7.40. The van der Waals surface area contributed by atoms with E-state index >= 15 is 0 Å². The van der Waals surface area contributed by atoms with Crippen molar-refractivity contribution in [2.45, 2.75) is 6.54 Å². The smallest absolute Gasteiger partial charge is 0.313 e. The molecule has 24 heavy (non-hydrogen) atoms. The second kappa shape index (κ2) is 7.76. The minimum Gasteiger partial charge on any atom is -0.344 e. The Balaban J connectivity index is 2.02. The Morgan fingerprint density at radius 2 is 1.75 bits per heavy atom. The average Bonchev–Trinajstić information content (AvgIpc) is 2.55. The average molecular weight is 368 g/mol. The summed E-state index contributed by atoms with van der Waals surface area (Å²) in [6.45, 7) is 0.0641. The Bertz CT molecular complexity index is 811. The van der Waals surface area contributed by atoms with Crippen LogP contribution in [0.2, 0.25) is 10.0 Å². The van der Waals surface area contributed by atoms with Crippen molar-refractivity contribution in [3.63, 3.8) is 0 Å². The Hall–Kier alpha value is -2.64. The van der Waals surface area contributed by atoms with E-state index in [-0.39, 0.29) is 22.9 Å². The third-order valence-electron chi connectivity index (χ3n) is 3.01. The SMILES string of the molecule is O=C(NCc1ccccc1Cl)C(=O)Nc1cc([N+](=O)[O-])ccc1Cl. The van der Waals surface area contributed by atoms with Crippen LogP contribution in [0, 0.1) is 10.1 Å². The van der Waals surface area contributed by atoms with Crippen molar-refractivity contribution in [1.82, 2.24) is 5.32 Å². The summed E-state index contributed by atoms with van der Waals surface area (Å²) in [7, 11) is 0. The summed E-state index contributed by atoms with van der Waals surface area (Å²) < 4.78 is 0. The lowest BCUT2D eigenvalue weighted by atomic mass is 10.2. The lowest BCUT2D eigenvalue weighted by molar-refractivity contribution is -0.384. The van der Waals surface area contributed by atoms with E-state index in [1.807, 2.05) is 0 Å². The molecule has 0 atom stereocenters. The van der Waals surface area contributed by atoms with Gasteiger partial charge in [-0.3, -0.25) is 19.7 Å². The van der Waals surface area contributed by atoms with Crippen LogP contribution in [0.25, 0.3) is 0 Å². The third-order valence-corrected chi connectivity index (χ3v) is 3.71. The number of hydrogen-bond acceptors (Lipinski definition) is 4. The molecule has 0 aliphatic heterocycles. The fraction of sp³-hybridized carbons (Fsp3) is 0.0667. The van der Waals surface area contributed by atoms with Crippen LogP contribution in [0.5, 0.6) is 0 Å². The van der Waals surface area contributed by atoms with Crippen LogP contribution < -0.4 is 10.6 Å². The molecule has 0 radical (unpaired) electrons. The molecule has 0 aliphatic carbocycles. The summed E-state index contributed by atoms with van der Waals surface area (Å²) in [5, 5.41) is 15.9. The number of carbonyl (C=O) groups is 2. The number of amides is 2. The van der Waals surface area contributed by atoms with Gasteiger partial charge in [0, 0.05) is 23.7 Å². The van der Waals surface area contributed by atoms with Crippen LogP contribution in [0.4, 0.5) is 11.4 Å². The number of anilines is 1. The minimum absolute atomic E-state index is 0.0243. The lowest BCUT2D eigenvalue weighted by Gasteiger charge is -2.08. The highest BCUT2D eigenvalue weighted by Crippen LogP contribution is 2.26. The van der Waals surface area contributed by atoms with Crippen molar-refractivity contribution >= 4 is 46.4 Å². The molecule has 2 amide bonds. The molecule has 0 saturated heterocycles. The Labute approximate surface area is 146 Å². The molecule has 2 aromatic carbocycles. The van der Waals surface area contributed by atoms with Crippen LogP contribution >= 0.6 is 23.2 Å². The highest BCUT2D eigenvalue weighted by molar-refractivity contribution is 6.41. The van der Waals surface area contributed by atoms with E-state index in [9.17, 15) is 19.7 Å². The molecule has 0 spiro atoms. The van der Waals surface area contributed by atoms with Crippen molar-refractivity contribution in [2.75, 3.05) is 5.32 Å². The number of nitro groups is 1. The number of halogens is 2. The molecule has 0 aromatic heterocycles. The van der Waals surface area contributed by atoms with E-state index in [2.05, 4.69) is 10.6 Å². The van der Waals surface area contributed by atoms with Crippen LogP contribution in [0.1, 0.15) is 5.56 Å². The van der Waals surface area contributed by atoms with Gasteiger partial charge in [0.15, 0.2) is 0 Å². The normalized spacial score (nSPS) is 10.1. The maximum atomic E-state index is 11.9. The second-order valence-corrected chi connectivity index (χ2v) is 5.46. The van der Waals surface area contributed by atoms with Gasteiger partial charge in [0.25, 0.3) is 5.69 Å². The lowest BCUT2D eigenvalue weighted by Crippen LogP contribution is -2.35. The fourth-order valence-corrected chi connectivity index (χ4v) is 2.17. The van der Waals surface area contributed by atoms with Crippen LogP contribution in [0.3, 0.4) is 0 Å². The highest BCUT2D eigenvalue weighted by Gasteiger charge is 2.17. The molecule has 7 nitrogen and oxygen atoms in total. The summed E-state index contributed by atoms with van der Waals surface area (Å²) in [4.78, 5) is 33.8. The molecule has 0 aliphatic rings. The summed E-state index contributed by atoms with van der Waals surface area (Å²) in [5.41, 5.74) is 0.364. The van der Waals surface area contributed by atoms with Gasteiger partial charge in [-0.25, -0.2) is 0 Å². The van der Waals surface area contributed by atoms with Crippen LogP contribution in [-0.4, -0.2) is 16.7 Å². The van der Waals surface area contributed by atoms with Crippen molar-refractivity contribution in [1.29, 1.82) is 0 Å². The Kier molecular flexibility index (Phi) is 5.73. The van der Waals surface area contributed by atoms with Crippen LogP contribution in [0.15, 0.2) is 42.5 Å². The zero-order chi connectivity index (χ0) is 17.7. The maximum Gasteiger partial charge on any atom is 0.313 e. The highest BCUT2D eigenvalue weighted by atomic mass is 35.5. The van der Waals surface area contributed by atoms with Crippen molar-refractivity contribution in [3.8, 4) is 0 Å². The van der Waals surface area contributed by atoms with E-state index in [1.165, 1.54) is 12.1 Å². The summed E-state index contributed by atoms with van der Waals surface area (Å²) >= 11 is 11.8. The van der Waals surface area contributed by atoms with E-state index in [0.717, 1.165) is 6.07 Å². The molecule has 2 rings (SSSR count). The quantitative estimate of drug-likeness (QED) is 0.492. The van der Waals surface area contributed by atoms with Crippen molar-refractivity contribution in [3.05, 3.63) is 68.2 Å². The Morgan fingerprint density at radius 1 is 1.04 bits per heavy atom. The van der Waals surface area contributed by atoms with Crippen molar-refractivity contribution in [2.24, 2.45) is 0 Å². The number of nitrogens with zero attached hydrogens (tertiary/aromatic N) is 1. The molecule has 2 aromatic rings. The van der Waals surface area contributed by atoms with Gasteiger partial charge in [-0.1, -0.05) is 41.4 Å². The van der Waals surface area contributed by atoms with Gasteiger partial charge >= 0.3 is 11.8 Å². The summed E-state index contributed by atoms with van der Waals surface area (Å²) in [6.07, 6.45) is 0. The zero-order valence-corrected chi connectivity index (χ0v) is 13.6. The molecule has 124 valence electrons. The van der Waals surface area contributed by atoms with E-state index < -0.39 is 16.7 Å². The molecule has 0 bridgehead atoms. The number of nitro benzene ring substituents is 1. The number of carbonyl (C=O) groups excluding carboxylic acids is 2. The maximum absolute atomic E-state index is 11.9. The monoisotopic (exact) mass is 367 g/mol. The first kappa shape index (κ1) is 17.7. The molecule has 2 N–H and O–H groups in total. The third kappa shape index (κ3) is 4.43. The predicted octanol–water partition coefficient (Wildman–Crippen LogP) is 3.16. The zero-order valence-electron chi connectivity index (χ0n) is 12.1. The molecule has 0 fully saturated rings. The van der Waals surface area contributed by atoms with E-state index in [0.29, 0.717) is 10.6 Å². The van der Waals surface area contributed by atoms with Crippen molar-refractivity contribution < 1.29 is 14.5 Å². The first-order chi connectivity index (χ1) is 11.4. The molecule has 0 unspecified atom stereocenters. The van der Waals surface area contributed by atoms with Gasteiger partial charge < -0.3 is 10.6 Å². The van der Waals surface area contributed by atoms with Gasteiger partial charge in [-0.05, 0) is 17.7 Å². The van der Waals surface area contributed by atoms with E-state index in [4.69, 9.17) is 23.2 Å². The van der Waals surface area contributed by atoms with E-state index in [1.54, 1.807) is 24.3 Å². The fourth-order valence-electron chi connectivity index (χ4n) is 1.80. The summed E-state index contributed by atoms with van der Waals surface area (Å²) in [5.74, 6) is -1.91. The van der Waals surface area contributed by atoms with Gasteiger partial charge in [0.1, 0.15) is 0 Å². The minimum atomic E-state index is -0.996. The largest absolute Gasteiger partial charge is 0.344 e. The number of nitrogens with one attached hydrogen (secondary N) is 2. The van der Waals surface area contributed by atoms with Gasteiger partial charge in [0.05, 0.1) is 15.6 Å². The first-order valence-electron chi connectivity index (χ1n) is 6.65. The number of benzene rings is 2. The number of hydrogen-bond donors (Lipinski definition) is 2.